The molecular formula is C19H21BrN2O4S2. The van der Waals surface area contributed by atoms with Crippen molar-refractivity contribution in [1.29, 1.82) is 0 Å². The van der Waals surface area contributed by atoms with E-state index in [0.717, 1.165) is 20.8 Å². The molecule has 0 radical (unpaired) electrons. The van der Waals surface area contributed by atoms with Crippen LogP contribution in [0.1, 0.15) is 23.7 Å². The van der Waals surface area contributed by atoms with Crippen LogP contribution < -0.4 is 4.90 Å². The zero-order valence-corrected chi connectivity index (χ0v) is 18.6. The van der Waals surface area contributed by atoms with E-state index in [1.54, 1.807) is 17.0 Å². The molecule has 0 aliphatic carbocycles. The van der Waals surface area contributed by atoms with Crippen molar-refractivity contribution in [3.8, 4) is 0 Å². The van der Waals surface area contributed by atoms with Gasteiger partial charge in [0.05, 0.1) is 9.54 Å². The summed E-state index contributed by atoms with van der Waals surface area (Å²) in [5.41, 5.74) is 1.69. The number of Topliss-reactive ketones (excluding diaryl/α,β-unsaturated/α-hetero) is 1. The van der Waals surface area contributed by atoms with Gasteiger partial charge < -0.3 is 9.80 Å². The van der Waals surface area contributed by atoms with Gasteiger partial charge in [0, 0.05) is 43.9 Å². The fourth-order valence-electron chi connectivity index (χ4n) is 3.07. The average molecular weight is 485 g/mol. The van der Waals surface area contributed by atoms with Crippen molar-refractivity contribution >= 4 is 54.5 Å². The lowest BCUT2D eigenvalue weighted by Gasteiger charge is -2.36. The number of carbonyl (C=O) groups excluding carboxylic acids is 2. The Morgan fingerprint density at radius 3 is 2.21 bits per heavy atom. The van der Waals surface area contributed by atoms with Gasteiger partial charge in [0.2, 0.25) is 5.91 Å². The molecule has 150 valence electrons. The molecule has 0 bridgehead atoms. The summed E-state index contributed by atoms with van der Waals surface area (Å²) in [6, 6.07) is 10.7. The molecule has 0 atom stereocenters. The predicted octanol–water partition coefficient (Wildman–Crippen LogP) is 3.23. The number of ketones is 1. The fraction of sp³-hybridized carbons (Fsp3) is 0.368. The maximum atomic E-state index is 12.4. The number of benzene rings is 1. The second kappa shape index (κ2) is 8.75. The summed E-state index contributed by atoms with van der Waals surface area (Å²) in [7, 11) is -3.44. The maximum absolute atomic E-state index is 12.4. The van der Waals surface area contributed by atoms with Crippen LogP contribution in [-0.2, 0) is 14.6 Å². The molecule has 1 aliphatic rings. The first-order valence-electron chi connectivity index (χ1n) is 8.88. The van der Waals surface area contributed by atoms with Crippen LogP contribution in [0.5, 0.6) is 0 Å². The Balaban J connectivity index is 1.51. The minimum atomic E-state index is -3.44. The van der Waals surface area contributed by atoms with E-state index < -0.39 is 9.84 Å². The van der Waals surface area contributed by atoms with Gasteiger partial charge in [-0.15, -0.1) is 11.3 Å². The Bertz CT molecular complexity index is 962. The summed E-state index contributed by atoms with van der Waals surface area (Å²) in [6.07, 6.45) is -0.00877. The molecule has 1 fully saturated rings. The Hall–Kier alpha value is -1.71. The quantitative estimate of drug-likeness (QED) is 0.588. The van der Waals surface area contributed by atoms with Gasteiger partial charge in [0.1, 0.15) is 4.21 Å². The number of rotatable bonds is 6. The standard InChI is InChI=1S/C19H21BrN2O4S2/c1-14(23)15-2-4-16(5-3-15)21-9-11-22(12-10-21)18(24)8-13-28(25,26)19-7-6-17(20)27-19/h2-7H,8-13H2,1H3. The number of anilines is 1. The third-order valence-corrected chi connectivity index (χ3v) is 8.63. The lowest BCUT2D eigenvalue weighted by Crippen LogP contribution is -2.49. The highest BCUT2D eigenvalue weighted by Crippen LogP contribution is 2.27. The fourth-order valence-corrected chi connectivity index (χ4v) is 6.45. The van der Waals surface area contributed by atoms with E-state index in [4.69, 9.17) is 0 Å². The number of thiophene rings is 1. The molecule has 1 aromatic heterocycles. The van der Waals surface area contributed by atoms with Gasteiger partial charge in [0.15, 0.2) is 15.6 Å². The van der Waals surface area contributed by atoms with Crippen LogP contribution in [0.2, 0.25) is 0 Å². The zero-order valence-electron chi connectivity index (χ0n) is 15.4. The number of sulfone groups is 1. The Labute approximate surface area is 177 Å². The smallest absolute Gasteiger partial charge is 0.223 e. The van der Waals surface area contributed by atoms with Crippen LogP contribution in [0.3, 0.4) is 0 Å². The monoisotopic (exact) mass is 484 g/mol. The minimum Gasteiger partial charge on any atom is -0.368 e. The number of piperazine rings is 1. The summed E-state index contributed by atoms with van der Waals surface area (Å²) in [5.74, 6) is -0.275. The van der Waals surface area contributed by atoms with Gasteiger partial charge in [-0.05, 0) is 59.3 Å². The first-order chi connectivity index (χ1) is 13.3. The van der Waals surface area contributed by atoms with Gasteiger partial charge >= 0.3 is 0 Å². The molecule has 0 saturated carbocycles. The number of halogens is 1. The minimum absolute atomic E-state index is 0.00877. The highest BCUT2D eigenvalue weighted by Gasteiger charge is 2.24. The SMILES string of the molecule is CC(=O)c1ccc(N2CCN(C(=O)CCS(=O)(=O)c3ccc(Br)s3)CC2)cc1. The molecular weight excluding hydrogens is 464 g/mol. The largest absolute Gasteiger partial charge is 0.368 e. The molecule has 6 nitrogen and oxygen atoms in total. The molecule has 0 spiro atoms. The number of amides is 1. The first kappa shape index (κ1) is 21.0. The summed E-state index contributed by atoms with van der Waals surface area (Å²) in [6.45, 7) is 4.00. The molecule has 1 aromatic carbocycles. The highest BCUT2D eigenvalue weighted by atomic mass is 79.9. The van der Waals surface area contributed by atoms with E-state index in [9.17, 15) is 18.0 Å². The lowest BCUT2D eigenvalue weighted by molar-refractivity contribution is -0.131. The van der Waals surface area contributed by atoms with E-state index in [2.05, 4.69) is 20.8 Å². The topological polar surface area (TPSA) is 74.8 Å². The molecule has 2 heterocycles. The van der Waals surface area contributed by atoms with E-state index in [1.165, 1.54) is 6.92 Å². The van der Waals surface area contributed by atoms with Crippen LogP contribution in [-0.4, -0.2) is 56.9 Å². The number of nitrogens with zero attached hydrogens (tertiary/aromatic N) is 2. The number of hydrogen-bond donors (Lipinski definition) is 0. The average Bonchev–Trinajstić information content (AvgIpc) is 3.14. The second-order valence-corrected chi connectivity index (χ2v) is 11.4. The maximum Gasteiger partial charge on any atom is 0.223 e. The van der Waals surface area contributed by atoms with Crippen LogP contribution in [0.4, 0.5) is 5.69 Å². The van der Waals surface area contributed by atoms with Crippen molar-refractivity contribution in [1.82, 2.24) is 4.90 Å². The van der Waals surface area contributed by atoms with E-state index >= 15 is 0 Å². The third kappa shape index (κ3) is 5.01. The van der Waals surface area contributed by atoms with Crippen molar-refractivity contribution in [2.45, 2.75) is 17.6 Å². The first-order valence-corrected chi connectivity index (χ1v) is 12.1. The lowest BCUT2D eigenvalue weighted by atomic mass is 10.1. The van der Waals surface area contributed by atoms with Gasteiger partial charge in [-0.25, -0.2) is 8.42 Å². The number of carbonyl (C=O) groups is 2. The summed E-state index contributed by atoms with van der Waals surface area (Å²) in [4.78, 5) is 27.7. The Morgan fingerprint density at radius 1 is 1.04 bits per heavy atom. The zero-order chi connectivity index (χ0) is 20.3. The Kier molecular flexibility index (Phi) is 6.57. The summed E-state index contributed by atoms with van der Waals surface area (Å²) < 4.78 is 25.7. The molecule has 9 heteroatoms. The van der Waals surface area contributed by atoms with Crippen LogP contribution in [0.25, 0.3) is 0 Å². The third-order valence-electron chi connectivity index (χ3n) is 4.71. The predicted molar refractivity (Wildman–Crippen MR) is 114 cm³/mol. The molecule has 2 aromatic rings. The van der Waals surface area contributed by atoms with Gasteiger partial charge in [0.25, 0.3) is 0 Å². The highest BCUT2D eigenvalue weighted by molar-refractivity contribution is 9.11. The van der Waals surface area contributed by atoms with Crippen LogP contribution in [0, 0.1) is 0 Å². The van der Waals surface area contributed by atoms with Crippen molar-refractivity contribution in [3.05, 3.63) is 45.7 Å². The summed E-state index contributed by atoms with van der Waals surface area (Å²) >= 11 is 4.42. The summed E-state index contributed by atoms with van der Waals surface area (Å²) in [5, 5.41) is 0. The van der Waals surface area contributed by atoms with E-state index in [0.29, 0.717) is 31.7 Å². The van der Waals surface area contributed by atoms with E-state index in [-0.39, 0.29) is 28.1 Å². The molecule has 1 amide bonds. The van der Waals surface area contributed by atoms with Crippen molar-refractivity contribution in [2.24, 2.45) is 0 Å². The molecule has 3 rings (SSSR count). The number of hydrogen-bond acceptors (Lipinski definition) is 6. The van der Waals surface area contributed by atoms with Gasteiger partial charge in [-0.1, -0.05) is 0 Å². The second-order valence-electron chi connectivity index (χ2n) is 6.60. The van der Waals surface area contributed by atoms with Gasteiger partial charge in [-0.2, -0.15) is 0 Å². The van der Waals surface area contributed by atoms with Crippen molar-refractivity contribution < 1.29 is 18.0 Å². The molecule has 1 aliphatic heterocycles. The van der Waals surface area contributed by atoms with Crippen molar-refractivity contribution in [2.75, 3.05) is 36.8 Å². The van der Waals surface area contributed by atoms with Gasteiger partial charge in [-0.3, -0.25) is 9.59 Å². The molecule has 1 saturated heterocycles. The molecule has 28 heavy (non-hydrogen) atoms. The van der Waals surface area contributed by atoms with Crippen LogP contribution >= 0.6 is 27.3 Å². The van der Waals surface area contributed by atoms with Crippen molar-refractivity contribution in [3.63, 3.8) is 0 Å². The Morgan fingerprint density at radius 2 is 1.68 bits per heavy atom. The molecule has 0 N–H and O–H groups in total. The van der Waals surface area contributed by atoms with E-state index in [1.807, 2.05) is 24.3 Å². The normalized spacial score (nSPS) is 14.9. The van der Waals surface area contributed by atoms with Crippen LogP contribution in [0.15, 0.2) is 44.4 Å². The molecule has 0 unspecified atom stereocenters.